The first-order valence-corrected chi connectivity index (χ1v) is 16.2. The smallest absolute Gasteiger partial charge is 0.339 e. The van der Waals surface area contributed by atoms with E-state index in [9.17, 15) is 18.0 Å². The van der Waals surface area contributed by atoms with Gasteiger partial charge in [-0.25, -0.2) is 18.0 Å². The van der Waals surface area contributed by atoms with Crippen LogP contribution >= 0.6 is 0 Å². The van der Waals surface area contributed by atoms with Gasteiger partial charge in [-0.3, -0.25) is 0 Å². The van der Waals surface area contributed by atoms with Crippen LogP contribution in [0, 0.1) is 6.92 Å². The fourth-order valence-electron chi connectivity index (χ4n) is 5.56. The standard InChI is InChI=1S/C34H37NO6S/c1-3-4-5-9-13-25-21-29-27-14-10-15-28(27)33(36)41-32(29)22-31(25)40-34(37)30(20-24-11-7-6-8-12-24)35-42(38,39)26-18-16-23(2)17-19-26/h6-8,11-12,16-19,21-22,30,35H,3-5,9-10,13-15,20H2,1-2H3/t30-/m1/s1. The monoisotopic (exact) mass is 587 g/mol. The van der Waals surface area contributed by atoms with Crippen LogP contribution in [0.2, 0.25) is 0 Å². The lowest BCUT2D eigenvalue weighted by molar-refractivity contribution is -0.136. The lowest BCUT2D eigenvalue weighted by Crippen LogP contribution is -2.44. The van der Waals surface area contributed by atoms with Crippen molar-refractivity contribution in [2.75, 3.05) is 0 Å². The van der Waals surface area contributed by atoms with Gasteiger partial charge in [-0.2, -0.15) is 4.72 Å². The highest BCUT2D eigenvalue weighted by molar-refractivity contribution is 7.89. The van der Waals surface area contributed by atoms with Crippen LogP contribution in [-0.4, -0.2) is 20.4 Å². The predicted molar refractivity (Wildman–Crippen MR) is 163 cm³/mol. The molecule has 1 N–H and O–H groups in total. The molecule has 1 aliphatic rings. The minimum Gasteiger partial charge on any atom is -0.425 e. The molecule has 4 aromatic rings. The number of esters is 1. The molecule has 0 radical (unpaired) electrons. The third kappa shape index (κ3) is 6.82. The number of fused-ring (bicyclic) bond motifs is 3. The van der Waals surface area contributed by atoms with E-state index in [1.165, 1.54) is 12.1 Å². The number of nitrogens with one attached hydrogen (secondary N) is 1. The summed E-state index contributed by atoms with van der Waals surface area (Å²) in [5.41, 5.74) is 4.32. The Hall–Kier alpha value is -3.75. The van der Waals surface area contributed by atoms with Crippen molar-refractivity contribution in [2.45, 2.75) is 82.6 Å². The molecule has 0 amide bonds. The van der Waals surface area contributed by atoms with Crippen molar-refractivity contribution < 1.29 is 22.4 Å². The van der Waals surface area contributed by atoms with Gasteiger partial charge in [0.05, 0.1) is 4.90 Å². The van der Waals surface area contributed by atoms with Gasteiger partial charge in [0.2, 0.25) is 10.0 Å². The molecule has 220 valence electrons. The van der Waals surface area contributed by atoms with Gasteiger partial charge in [-0.1, -0.05) is 74.2 Å². The van der Waals surface area contributed by atoms with E-state index in [0.29, 0.717) is 18.4 Å². The van der Waals surface area contributed by atoms with Gasteiger partial charge >= 0.3 is 11.6 Å². The zero-order chi connectivity index (χ0) is 29.7. The third-order valence-electron chi connectivity index (χ3n) is 7.86. The molecule has 8 heteroatoms. The number of ether oxygens (including phenoxy) is 1. The second kappa shape index (κ2) is 13.0. The fourth-order valence-corrected chi connectivity index (χ4v) is 6.75. The molecule has 42 heavy (non-hydrogen) atoms. The van der Waals surface area contributed by atoms with E-state index >= 15 is 0 Å². The van der Waals surface area contributed by atoms with E-state index in [0.717, 1.165) is 71.7 Å². The first-order chi connectivity index (χ1) is 20.2. The first kappa shape index (κ1) is 29.7. The van der Waals surface area contributed by atoms with Crippen molar-refractivity contribution in [3.05, 3.63) is 105 Å². The Balaban J connectivity index is 1.49. The maximum Gasteiger partial charge on any atom is 0.339 e. The summed E-state index contributed by atoms with van der Waals surface area (Å²) in [6.07, 6.45) is 7.37. The summed E-state index contributed by atoms with van der Waals surface area (Å²) >= 11 is 0. The molecule has 0 saturated heterocycles. The molecule has 1 aromatic heterocycles. The Morgan fingerprint density at radius 1 is 0.976 bits per heavy atom. The van der Waals surface area contributed by atoms with Gasteiger partial charge in [0, 0.05) is 17.0 Å². The van der Waals surface area contributed by atoms with Gasteiger partial charge in [-0.05, 0) is 80.3 Å². The maximum absolute atomic E-state index is 13.8. The first-order valence-electron chi connectivity index (χ1n) is 14.7. The van der Waals surface area contributed by atoms with Crippen LogP contribution in [0.15, 0.2) is 80.8 Å². The Labute approximate surface area is 247 Å². The normalized spacial score (nSPS) is 13.7. The van der Waals surface area contributed by atoms with Crippen molar-refractivity contribution in [2.24, 2.45) is 0 Å². The summed E-state index contributed by atoms with van der Waals surface area (Å²) in [6.45, 7) is 4.03. The Morgan fingerprint density at radius 3 is 2.45 bits per heavy atom. The van der Waals surface area contributed by atoms with Gasteiger partial charge in [0.25, 0.3) is 0 Å². The molecule has 0 saturated carbocycles. The quantitative estimate of drug-likeness (QED) is 0.0915. The van der Waals surface area contributed by atoms with E-state index in [4.69, 9.17) is 9.15 Å². The number of carbonyl (C=O) groups is 1. The molecule has 0 fully saturated rings. The van der Waals surface area contributed by atoms with E-state index < -0.39 is 22.0 Å². The summed E-state index contributed by atoms with van der Waals surface area (Å²) in [5.74, 6) is -0.440. The number of rotatable bonds is 12. The molecule has 1 aliphatic carbocycles. The van der Waals surface area contributed by atoms with E-state index in [2.05, 4.69) is 11.6 Å². The molecule has 1 heterocycles. The number of hydrogen-bond donors (Lipinski definition) is 1. The molecule has 0 spiro atoms. The summed E-state index contributed by atoms with van der Waals surface area (Å²) in [4.78, 5) is 26.5. The van der Waals surface area contributed by atoms with Gasteiger partial charge in [-0.15, -0.1) is 0 Å². The van der Waals surface area contributed by atoms with Crippen LogP contribution in [0.25, 0.3) is 11.0 Å². The minimum absolute atomic E-state index is 0.0666. The molecular formula is C34H37NO6S. The third-order valence-corrected chi connectivity index (χ3v) is 9.35. The average Bonchev–Trinajstić information content (AvgIpc) is 3.47. The fraction of sp³-hybridized carbons (Fsp3) is 0.353. The topological polar surface area (TPSA) is 103 Å². The van der Waals surface area contributed by atoms with Crippen molar-refractivity contribution in [3.8, 4) is 5.75 Å². The molecule has 0 unspecified atom stereocenters. The van der Waals surface area contributed by atoms with Gasteiger partial charge in [0.15, 0.2) is 0 Å². The van der Waals surface area contributed by atoms with Gasteiger partial charge in [0.1, 0.15) is 17.4 Å². The molecule has 5 rings (SSSR count). The molecular weight excluding hydrogens is 550 g/mol. The van der Waals surface area contributed by atoms with Crippen LogP contribution in [-0.2, 0) is 40.5 Å². The second-order valence-corrected chi connectivity index (χ2v) is 12.8. The summed E-state index contributed by atoms with van der Waals surface area (Å²) in [6, 6.07) is 18.1. The molecule has 1 atom stereocenters. The molecule has 0 aliphatic heterocycles. The average molecular weight is 588 g/mol. The van der Waals surface area contributed by atoms with E-state index in [1.54, 1.807) is 18.2 Å². The SMILES string of the molecule is CCCCCCc1cc2c3c(c(=O)oc2cc1OC(=O)[C@@H](Cc1ccccc1)NS(=O)(=O)c1ccc(C)cc1)CCC3. The van der Waals surface area contributed by atoms with Crippen molar-refractivity contribution in [1.82, 2.24) is 4.72 Å². The lowest BCUT2D eigenvalue weighted by atomic mass is 9.99. The number of sulfonamides is 1. The van der Waals surface area contributed by atoms with Crippen molar-refractivity contribution in [3.63, 3.8) is 0 Å². The number of carbonyl (C=O) groups excluding carboxylic acids is 1. The predicted octanol–water partition coefficient (Wildman–Crippen LogP) is 6.21. The highest BCUT2D eigenvalue weighted by atomic mass is 32.2. The van der Waals surface area contributed by atoms with Crippen LogP contribution in [0.4, 0.5) is 0 Å². The number of benzene rings is 3. The molecule has 0 bridgehead atoms. The summed E-state index contributed by atoms with van der Waals surface area (Å²) in [5, 5.41) is 0.883. The van der Waals surface area contributed by atoms with Gasteiger partial charge < -0.3 is 9.15 Å². The maximum atomic E-state index is 13.8. The number of aryl methyl sites for hydroxylation is 3. The van der Waals surface area contributed by atoms with Crippen LogP contribution in [0.1, 0.15) is 66.8 Å². The Bertz CT molecular complexity index is 1730. The highest BCUT2D eigenvalue weighted by Gasteiger charge is 2.29. The van der Waals surface area contributed by atoms with E-state index in [1.807, 2.05) is 43.3 Å². The second-order valence-electron chi connectivity index (χ2n) is 11.1. The van der Waals surface area contributed by atoms with E-state index in [-0.39, 0.29) is 22.7 Å². The molecule has 7 nitrogen and oxygen atoms in total. The largest absolute Gasteiger partial charge is 0.425 e. The minimum atomic E-state index is -4.02. The van der Waals surface area contributed by atoms with Crippen LogP contribution < -0.4 is 15.1 Å². The van der Waals surface area contributed by atoms with Crippen LogP contribution in [0.5, 0.6) is 5.75 Å². The Kier molecular flexibility index (Phi) is 9.24. The van der Waals surface area contributed by atoms with Crippen molar-refractivity contribution in [1.29, 1.82) is 0 Å². The molecule has 3 aromatic carbocycles. The summed E-state index contributed by atoms with van der Waals surface area (Å²) < 4.78 is 40.9. The zero-order valence-corrected chi connectivity index (χ0v) is 25.0. The number of unbranched alkanes of at least 4 members (excludes halogenated alkanes) is 3. The van der Waals surface area contributed by atoms with Crippen LogP contribution in [0.3, 0.4) is 0 Å². The van der Waals surface area contributed by atoms with Crippen molar-refractivity contribution >= 4 is 27.0 Å². The highest BCUT2D eigenvalue weighted by Crippen LogP contribution is 2.33. The number of hydrogen-bond acceptors (Lipinski definition) is 6. The lowest BCUT2D eigenvalue weighted by Gasteiger charge is -2.20. The zero-order valence-electron chi connectivity index (χ0n) is 24.1. The summed E-state index contributed by atoms with van der Waals surface area (Å²) in [7, 11) is -4.02. The Morgan fingerprint density at radius 2 is 1.71 bits per heavy atom.